The molecular weight excluding hydrogens is 410 g/mol. The molecule has 0 unspecified atom stereocenters. The average Bonchev–Trinajstić information content (AvgIpc) is 2.61. The van der Waals surface area contributed by atoms with Gasteiger partial charge in [0.1, 0.15) is 5.60 Å². The molecule has 0 spiro atoms. The highest BCUT2D eigenvalue weighted by Gasteiger charge is 2.16. The standard InChI is InChI=1S/C19H31N5O5S/c1-19(2,3)29-17(26)10-11-21-18(23-13-16(25)24(4)5)22-12-14-6-8-15(9-7-14)30(20,27)28/h6-9H,10-13H2,1-5H3,(H2,20,27,28)(H2,21,22,23). The number of amides is 1. The summed E-state index contributed by atoms with van der Waals surface area (Å²) in [6.45, 7) is 5.89. The highest BCUT2D eigenvalue weighted by molar-refractivity contribution is 7.89. The van der Waals surface area contributed by atoms with Gasteiger partial charge in [-0.25, -0.2) is 18.5 Å². The van der Waals surface area contributed by atoms with Crippen LogP contribution in [-0.4, -0.2) is 63.9 Å². The Labute approximate surface area is 177 Å². The van der Waals surface area contributed by atoms with Crippen LogP contribution in [0, 0.1) is 0 Å². The molecule has 1 aromatic rings. The molecule has 0 aromatic heterocycles. The van der Waals surface area contributed by atoms with E-state index >= 15 is 0 Å². The number of guanidine groups is 1. The number of hydrogen-bond acceptors (Lipinski definition) is 6. The van der Waals surface area contributed by atoms with Crippen molar-refractivity contribution in [2.45, 2.75) is 44.2 Å². The van der Waals surface area contributed by atoms with Crippen molar-refractivity contribution in [3.63, 3.8) is 0 Å². The molecule has 0 bridgehead atoms. The molecule has 11 heteroatoms. The number of nitrogens with zero attached hydrogens (tertiary/aromatic N) is 2. The van der Waals surface area contributed by atoms with Gasteiger partial charge in [0.05, 0.1) is 24.4 Å². The summed E-state index contributed by atoms with van der Waals surface area (Å²) in [5.74, 6) is -0.157. The lowest BCUT2D eigenvalue weighted by Gasteiger charge is -2.20. The van der Waals surface area contributed by atoms with Gasteiger partial charge in [0.15, 0.2) is 5.96 Å². The first kappa shape index (κ1) is 25.4. The third kappa shape index (κ3) is 10.2. The van der Waals surface area contributed by atoms with Gasteiger partial charge in [-0.05, 0) is 38.5 Å². The highest BCUT2D eigenvalue weighted by Crippen LogP contribution is 2.10. The Hall–Kier alpha value is -2.66. The van der Waals surface area contributed by atoms with E-state index in [9.17, 15) is 18.0 Å². The molecule has 0 saturated carbocycles. The van der Waals surface area contributed by atoms with Crippen LogP contribution in [0.2, 0.25) is 0 Å². The number of primary sulfonamides is 1. The number of carbonyl (C=O) groups is 2. The van der Waals surface area contributed by atoms with Crippen LogP contribution < -0.4 is 15.8 Å². The minimum atomic E-state index is -3.76. The van der Waals surface area contributed by atoms with Gasteiger partial charge in [-0.1, -0.05) is 12.1 Å². The van der Waals surface area contributed by atoms with E-state index < -0.39 is 15.6 Å². The predicted octanol–water partition coefficient (Wildman–Crippen LogP) is 0.189. The van der Waals surface area contributed by atoms with Crippen molar-refractivity contribution < 1.29 is 22.7 Å². The fourth-order valence-electron chi connectivity index (χ4n) is 2.12. The number of carbonyl (C=O) groups excluding carboxylic acids is 2. The topological polar surface area (TPSA) is 143 Å². The molecule has 4 N–H and O–H groups in total. The fourth-order valence-corrected chi connectivity index (χ4v) is 2.64. The summed E-state index contributed by atoms with van der Waals surface area (Å²) in [6.07, 6.45) is 0.128. The minimum Gasteiger partial charge on any atom is -0.460 e. The predicted molar refractivity (Wildman–Crippen MR) is 114 cm³/mol. The van der Waals surface area contributed by atoms with E-state index in [1.54, 1.807) is 47.0 Å². The van der Waals surface area contributed by atoms with Crippen LogP contribution in [0.5, 0.6) is 0 Å². The zero-order chi connectivity index (χ0) is 22.9. The number of hydrogen-bond donors (Lipinski definition) is 3. The number of nitrogens with two attached hydrogens (primary N) is 1. The Kier molecular flexibility index (Phi) is 9.24. The third-order valence-electron chi connectivity index (χ3n) is 3.62. The Balaban J connectivity index is 2.76. The molecule has 168 valence electrons. The first-order valence-corrected chi connectivity index (χ1v) is 10.9. The smallest absolute Gasteiger partial charge is 0.308 e. The van der Waals surface area contributed by atoms with Crippen LogP contribution in [0.3, 0.4) is 0 Å². The van der Waals surface area contributed by atoms with Crippen molar-refractivity contribution in [3.8, 4) is 0 Å². The summed E-state index contributed by atoms with van der Waals surface area (Å²) >= 11 is 0. The number of esters is 1. The van der Waals surface area contributed by atoms with Gasteiger partial charge in [0.2, 0.25) is 15.9 Å². The maximum Gasteiger partial charge on any atom is 0.308 e. The second kappa shape index (κ2) is 10.9. The van der Waals surface area contributed by atoms with Gasteiger partial charge in [-0.15, -0.1) is 0 Å². The van der Waals surface area contributed by atoms with Crippen LogP contribution in [0.4, 0.5) is 0 Å². The van der Waals surface area contributed by atoms with E-state index in [1.807, 2.05) is 0 Å². The Morgan fingerprint density at radius 2 is 1.73 bits per heavy atom. The normalized spacial score (nSPS) is 12.3. The number of likely N-dealkylation sites (N-methyl/N-ethyl adjacent to an activating group) is 1. The summed E-state index contributed by atoms with van der Waals surface area (Å²) in [7, 11) is -0.472. The summed E-state index contributed by atoms with van der Waals surface area (Å²) in [5, 5.41) is 11.0. The van der Waals surface area contributed by atoms with Crippen molar-refractivity contribution in [2.24, 2.45) is 10.1 Å². The Morgan fingerprint density at radius 3 is 2.23 bits per heavy atom. The first-order valence-electron chi connectivity index (χ1n) is 9.34. The highest BCUT2D eigenvalue weighted by atomic mass is 32.2. The maximum absolute atomic E-state index is 11.8. The lowest BCUT2D eigenvalue weighted by molar-refractivity contribution is -0.154. The quantitative estimate of drug-likeness (QED) is 0.297. The molecule has 0 saturated heterocycles. The Morgan fingerprint density at radius 1 is 1.13 bits per heavy atom. The molecule has 0 heterocycles. The van der Waals surface area contributed by atoms with Crippen molar-refractivity contribution in [1.29, 1.82) is 0 Å². The zero-order valence-electron chi connectivity index (χ0n) is 18.1. The van der Waals surface area contributed by atoms with Crippen LogP contribution >= 0.6 is 0 Å². The van der Waals surface area contributed by atoms with E-state index in [0.29, 0.717) is 5.96 Å². The minimum absolute atomic E-state index is 0.0145. The van der Waals surface area contributed by atoms with Gasteiger partial charge in [0.25, 0.3) is 0 Å². The van der Waals surface area contributed by atoms with Crippen molar-refractivity contribution in [3.05, 3.63) is 29.8 Å². The molecular formula is C19H31N5O5S. The molecule has 1 amide bonds. The molecule has 0 fully saturated rings. The van der Waals surface area contributed by atoms with E-state index in [-0.39, 0.29) is 42.8 Å². The van der Waals surface area contributed by atoms with E-state index in [1.165, 1.54) is 17.0 Å². The second-order valence-electron chi connectivity index (χ2n) is 7.76. The average molecular weight is 442 g/mol. The SMILES string of the molecule is CN(C)C(=O)CNC(=NCc1ccc(S(N)(=O)=O)cc1)NCCC(=O)OC(C)(C)C. The van der Waals surface area contributed by atoms with Gasteiger partial charge < -0.3 is 20.3 Å². The first-order chi connectivity index (χ1) is 13.8. The van der Waals surface area contributed by atoms with Gasteiger partial charge >= 0.3 is 5.97 Å². The summed E-state index contributed by atoms with van der Waals surface area (Å²) < 4.78 is 27.9. The van der Waals surface area contributed by atoms with Gasteiger partial charge in [0, 0.05) is 20.6 Å². The summed E-state index contributed by atoms with van der Waals surface area (Å²) in [6, 6.07) is 6.01. The van der Waals surface area contributed by atoms with Crippen LogP contribution in [0.1, 0.15) is 32.8 Å². The Bertz CT molecular complexity index is 858. The zero-order valence-corrected chi connectivity index (χ0v) is 18.9. The number of sulfonamides is 1. The van der Waals surface area contributed by atoms with E-state index in [4.69, 9.17) is 9.88 Å². The fraction of sp³-hybridized carbons (Fsp3) is 0.526. The molecule has 0 aliphatic heterocycles. The lowest BCUT2D eigenvalue weighted by atomic mass is 10.2. The van der Waals surface area contributed by atoms with Crippen molar-refractivity contribution >= 4 is 27.9 Å². The van der Waals surface area contributed by atoms with Crippen molar-refractivity contribution in [1.82, 2.24) is 15.5 Å². The van der Waals surface area contributed by atoms with Crippen molar-refractivity contribution in [2.75, 3.05) is 27.2 Å². The lowest BCUT2D eigenvalue weighted by Crippen LogP contribution is -2.43. The maximum atomic E-state index is 11.8. The molecule has 10 nitrogen and oxygen atoms in total. The second-order valence-corrected chi connectivity index (χ2v) is 9.32. The summed E-state index contributed by atoms with van der Waals surface area (Å²) in [4.78, 5) is 29.5. The van der Waals surface area contributed by atoms with Gasteiger partial charge in [-0.2, -0.15) is 0 Å². The van der Waals surface area contributed by atoms with E-state index in [2.05, 4.69) is 15.6 Å². The van der Waals surface area contributed by atoms with Gasteiger partial charge in [-0.3, -0.25) is 9.59 Å². The monoisotopic (exact) mass is 441 g/mol. The molecule has 0 aliphatic rings. The van der Waals surface area contributed by atoms with Crippen LogP contribution in [0.25, 0.3) is 0 Å². The third-order valence-corrected chi connectivity index (χ3v) is 4.55. The number of benzene rings is 1. The largest absolute Gasteiger partial charge is 0.460 e. The number of aliphatic imine (C=N–C) groups is 1. The molecule has 30 heavy (non-hydrogen) atoms. The number of ether oxygens (including phenoxy) is 1. The number of rotatable bonds is 8. The molecule has 0 atom stereocenters. The molecule has 1 rings (SSSR count). The number of nitrogens with one attached hydrogen (secondary N) is 2. The van der Waals surface area contributed by atoms with Crippen LogP contribution in [0.15, 0.2) is 34.2 Å². The molecule has 0 aliphatic carbocycles. The van der Waals surface area contributed by atoms with E-state index in [0.717, 1.165) is 5.56 Å². The molecule has 1 aromatic carbocycles. The molecule has 0 radical (unpaired) electrons. The van der Waals surface area contributed by atoms with Crippen LogP contribution in [-0.2, 0) is 30.9 Å². The summed E-state index contributed by atoms with van der Waals surface area (Å²) in [5.41, 5.74) is 0.183.